The molecular formula is C19H29ClN2O3S. The molecule has 5 nitrogen and oxygen atoms in total. The number of sulfonamides is 1. The molecular weight excluding hydrogens is 372 g/mol. The Balaban J connectivity index is 2.33. The van der Waals surface area contributed by atoms with Crippen molar-refractivity contribution in [2.75, 3.05) is 14.1 Å². The second-order valence-corrected chi connectivity index (χ2v) is 9.72. The molecule has 0 saturated heterocycles. The molecule has 0 aromatic heterocycles. The van der Waals surface area contributed by atoms with Crippen LogP contribution in [-0.4, -0.2) is 49.7 Å². The fourth-order valence-corrected chi connectivity index (χ4v) is 4.87. The third-order valence-corrected chi connectivity index (χ3v) is 7.62. The van der Waals surface area contributed by atoms with Gasteiger partial charge in [-0.2, -0.15) is 4.31 Å². The van der Waals surface area contributed by atoms with Gasteiger partial charge in [0.2, 0.25) is 10.0 Å². The number of nitrogens with zero attached hydrogens (tertiary/aromatic N) is 2. The molecule has 0 spiro atoms. The molecule has 1 aromatic carbocycles. The number of benzene rings is 1. The predicted molar refractivity (Wildman–Crippen MR) is 105 cm³/mol. The summed E-state index contributed by atoms with van der Waals surface area (Å²) >= 11 is 6.24. The van der Waals surface area contributed by atoms with Crippen LogP contribution in [0.4, 0.5) is 0 Å². The first-order valence-corrected chi connectivity index (χ1v) is 11.0. The van der Waals surface area contributed by atoms with E-state index in [1.165, 1.54) is 42.4 Å². The van der Waals surface area contributed by atoms with Gasteiger partial charge in [-0.1, -0.05) is 37.3 Å². The van der Waals surface area contributed by atoms with Crippen molar-refractivity contribution in [3.8, 4) is 0 Å². The largest absolute Gasteiger partial charge is 0.339 e. The van der Waals surface area contributed by atoms with E-state index in [-0.39, 0.29) is 33.5 Å². The van der Waals surface area contributed by atoms with Gasteiger partial charge in [-0.15, -0.1) is 0 Å². The average molecular weight is 401 g/mol. The van der Waals surface area contributed by atoms with Crippen LogP contribution in [0.15, 0.2) is 23.1 Å². The molecule has 1 aliphatic rings. The standard InChI is InChI=1S/C19H29ClN2O3S/c1-14(2)22(4)26(24,25)16-11-12-18(20)17(13-16)19(23)21(3)15-9-7-5-6-8-10-15/h11-15H,5-10H2,1-4H3. The summed E-state index contributed by atoms with van der Waals surface area (Å²) in [5.74, 6) is -0.217. The number of carbonyl (C=O) groups excluding carboxylic acids is 1. The van der Waals surface area contributed by atoms with Crippen molar-refractivity contribution in [1.29, 1.82) is 0 Å². The van der Waals surface area contributed by atoms with Crippen LogP contribution in [0.25, 0.3) is 0 Å². The first-order valence-electron chi connectivity index (χ1n) is 9.21. The molecule has 2 rings (SSSR count). The van der Waals surface area contributed by atoms with Gasteiger partial charge in [-0.05, 0) is 44.9 Å². The third kappa shape index (κ3) is 4.59. The lowest BCUT2D eigenvalue weighted by molar-refractivity contribution is 0.0717. The fourth-order valence-electron chi connectivity index (χ4n) is 3.27. The number of hydrogen-bond donors (Lipinski definition) is 0. The van der Waals surface area contributed by atoms with Crippen molar-refractivity contribution < 1.29 is 13.2 Å². The van der Waals surface area contributed by atoms with Crippen LogP contribution in [-0.2, 0) is 10.0 Å². The minimum Gasteiger partial charge on any atom is -0.339 e. The van der Waals surface area contributed by atoms with Gasteiger partial charge in [-0.3, -0.25) is 4.79 Å². The van der Waals surface area contributed by atoms with Crippen molar-refractivity contribution in [1.82, 2.24) is 9.21 Å². The summed E-state index contributed by atoms with van der Waals surface area (Å²) in [6.45, 7) is 3.61. The van der Waals surface area contributed by atoms with E-state index in [0.29, 0.717) is 0 Å². The molecule has 0 N–H and O–H groups in total. The van der Waals surface area contributed by atoms with Gasteiger partial charge < -0.3 is 4.90 Å². The maximum Gasteiger partial charge on any atom is 0.255 e. The molecule has 146 valence electrons. The minimum atomic E-state index is -3.66. The predicted octanol–water partition coefficient (Wildman–Crippen LogP) is 4.16. The molecule has 1 saturated carbocycles. The summed E-state index contributed by atoms with van der Waals surface area (Å²) in [7, 11) is -0.340. The van der Waals surface area contributed by atoms with E-state index in [9.17, 15) is 13.2 Å². The molecule has 1 fully saturated rings. The molecule has 26 heavy (non-hydrogen) atoms. The van der Waals surface area contributed by atoms with Crippen molar-refractivity contribution in [3.63, 3.8) is 0 Å². The Morgan fingerprint density at radius 1 is 1.12 bits per heavy atom. The zero-order chi connectivity index (χ0) is 19.5. The van der Waals surface area contributed by atoms with E-state index < -0.39 is 10.0 Å². The van der Waals surface area contributed by atoms with Crippen molar-refractivity contribution >= 4 is 27.5 Å². The highest BCUT2D eigenvalue weighted by Gasteiger charge is 2.27. The van der Waals surface area contributed by atoms with E-state index in [1.807, 2.05) is 0 Å². The lowest BCUT2D eigenvalue weighted by Crippen LogP contribution is -2.37. The van der Waals surface area contributed by atoms with E-state index in [4.69, 9.17) is 11.6 Å². The van der Waals surface area contributed by atoms with Gasteiger partial charge in [0, 0.05) is 26.2 Å². The molecule has 0 atom stereocenters. The minimum absolute atomic E-state index is 0.0933. The van der Waals surface area contributed by atoms with Gasteiger partial charge in [0.1, 0.15) is 0 Å². The number of carbonyl (C=O) groups is 1. The highest BCUT2D eigenvalue weighted by atomic mass is 35.5. The lowest BCUT2D eigenvalue weighted by atomic mass is 10.1. The van der Waals surface area contributed by atoms with Crippen molar-refractivity contribution in [2.45, 2.75) is 69.4 Å². The summed E-state index contributed by atoms with van der Waals surface area (Å²) in [6.07, 6.45) is 6.60. The number of hydrogen-bond acceptors (Lipinski definition) is 3. The highest BCUT2D eigenvalue weighted by molar-refractivity contribution is 7.89. The topological polar surface area (TPSA) is 57.7 Å². The molecule has 0 radical (unpaired) electrons. The summed E-state index contributed by atoms with van der Waals surface area (Å²) in [4.78, 5) is 14.8. The monoisotopic (exact) mass is 400 g/mol. The zero-order valence-corrected chi connectivity index (χ0v) is 17.6. The fraction of sp³-hybridized carbons (Fsp3) is 0.632. The van der Waals surface area contributed by atoms with Crippen LogP contribution in [0.3, 0.4) is 0 Å². The number of amides is 1. The molecule has 7 heteroatoms. The molecule has 0 aliphatic heterocycles. The van der Waals surface area contributed by atoms with Crippen LogP contribution in [0.1, 0.15) is 62.7 Å². The molecule has 0 heterocycles. The van der Waals surface area contributed by atoms with Crippen LogP contribution >= 0.6 is 11.6 Å². The van der Waals surface area contributed by atoms with Crippen LogP contribution in [0.5, 0.6) is 0 Å². The molecule has 1 aliphatic carbocycles. The van der Waals surface area contributed by atoms with Gasteiger partial charge in [-0.25, -0.2) is 8.42 Å². The van der Waals surface area contributed by atoms with E-state index in [1.54, 1.807) is 25.8 Å². The highest BCUT2D eigenvalue weighted by Crippen LogP contribution is 2.27. The molecule has 0 unspecified atom stereocenters. The molecule has 1 aromatic rings. The van der Waals surface area contributed by atoms with Crippen molar-refractivity contribution in [3.05, 3.63) is 28.8 Å². The Kier molecular flexibility index (Phi) is 7.11. The third-order valence-electron chi connectivity index (χ3n) is 5.27. The van der Waals surface area contributed by atoms with Crippen LogP contribution in [0, 0.1) is 0 Å². The van der Waals surface area contributed by atoms with E-state index in [2.05, 4.69) is 0 Å². The normalized spacial score (nSPS) is 16.7. The second kappa shape index (κ2) is 8.72. The summed E-state index contributed by atoms with van der Waals surface area (Å²) in [5, 5.41) is 0.279. The Morgan fingerprint density at radius 3 is 2.23 bits per heavy atom. The maximum atomic E-state index is 13.0. The molecule has 1 amide bonds. The van der Waals surface area contributed by atoms with Gasteiger partial charge in [0.25, 0.3) is 5.91 Å². The number of halogens is 1. The Morgan fingerprint density at radius 2 is 1.69 bits per heavy atom. The summed E-state index contributed by atoms with van der Waals surface area (Å²) < 4.78 is 26.8. The SMILES string of the molecule is CC(C)N(C)S(=O)(=O)c1ccc(Cl)c(C(=O)N(C)C2CCCCCC2)c1. The Labute approximate surface area is 162 Å². The average Bonchev–Trinajstić information content (AvgIpc) is 2.89. The van der Waals surface area contributed by atoms with Gasteiger partial charge in [0.05, 0.1) is 15.5 Å². The van der Waals surface area contributed by atoms with Crippen molar-refractivity contribution in [2.24, 2.45) is 0 Å². The van der Waals surface area contributed by atoms with Crippen LogP contribution < -0.4 is 0 Å². The van der Waals surface area contributed by atoms with Gasteiger partial charge >= 0.3 is 0 Å². The first kappa shape index (κ1) is 21.2. The molecule has 0 bridgehead atoms. The quantitative estimate of drug-likeness (QED) is 0.697. The van der Waals surface area contributed by atoms with Gasteiger partial charge in [0.15, 0.2) is 0 Å². The van der Waals surface area contributed by atoms with E-state index >= 15 is 0 Å². The smallest absolute Gasteiger partial charge is 0.255 e. The first-order chi connectivity index (χ1) is 12.2. The maximum absolute atomic E-state index is 13.0. The second-order valence-electron chi connectivity index (χ2n) is 7.32. The van der Waals surface area contributed by atoms with Crippen LogP contribution in [0.2, 0.25) is 5.02 Å². The zero-order valence-electron chi connectivity index (χ0n) is 16.0. The lowest BCUT2D eigenvalue weighted by Gasteiger charge is -2.28. The summed E-state index contributed by atoms with van der Waals surface area (Å²) in [5.41, 5.74) is 0.247. The Hall–Kier alpha value is -1.11. The summed E-state index contributed by atoms with van der Waals surface area (Å²) in [6, 6.07) is 4.37. The number of rotatable bonds is 5. The Bertz CT molecular complexity index is 741. The van der Waals surface area contributed by atoms with E-state index in [0.717, 1.165) is 25.7 Å².